The molecule has 1 fully saturated rings. The molecule has 3 heterocycles. The number of aromatic nitrogens is 4. The molecule has 0 spiro atoms. The summed E-state index contributed by atoms with van der Waals surface area (Å²) >= 11 is 1.56. The number of hydrogen-bond acceptors (Lipinski definition) is 5. The minimum Gasteiger partial charge on any atom is -0.351 e. The maximum absolute atomic E-state index is 12.7. The Morgan fingerprint density at radius 1 is 1.38 bits per heavy atom. The third kappa shape index (κ3) is 3.29. The van der Waals surface area contributed by atoms with E-state index in [0.717, 1.165) is 29.8 Å². The molecule has 8 heteroatoms. The Bertz CT molecular complexity index is 975. The first-order chi connectivity index (χ1) is 12.6. The van der Waals surface area contributed by atoms with Gasteiger partial charge in [-0.2, -0.15) is 10.2 Å². The number of nitrogens with zero attached hydrogens (tertiary/aromatic N) is 4. The lowest BCUT2D eigenvalue weighted by molar-refractivity contribution is -0.123. The van der Waals surface area contributed by atoms with Gasteiger partial charge in [0.05, 0.1) is 4.88 Å². The summed E-state index contributed by atoms with van der Waals surface area (Å²) < 4.78 is 2.67. The van der Waals surface area contributed by atoms with Crippen molar-refractivity contribution < 1.29 is 4.79 Å². The van der Waals surface area contributed by atoms with Crippen LogP contribution in [0.1, 0.15) is 32.6 Å². The van der Waals surface area contributed by atoms with Crippen molar-refractivity contribution >= 4 is 22.8 Å². The van der Waals surface area contributed by atoms with Crippen molar-refractivity contribution in [2.45, 2.75) is 45.2 Å². The molecule has 1 aliphatic rings. The van der Waals surface area contributed by atoms with Crippen molar-refractivity contribution in [1.29, 1.82) is 0 Å². The molecule has 7 nitrogen and oxygen atoms in total. The van der Waals surface area contributed by atoms with Crippen LogP contribution in [0.5, 0.6) is 0 Å². The Kier molecular flexibility index (Phi) is 4.58. The zero-order valence-corrected chi connectivity index (χ0v) is 15.4. The number of hydrogen-bond donors (Lipinski definition) is 1. The maximum atomic E-state index is 12.7. The van der Waals surface area contributed by atoms with E-state index in [1.165, 1.54) is 21.9 Å². The summed E-state index contributed by atoms with van der Waals surface area (Å²) in [7, 11) is 0. The van der Waals surface area contributed by atoms with E-state index in [0.29, 0.717) is 11.4 Å². The van der Waals surface area contributed by atoms with Gasteiger partial charge in [0.1, 0.15) is 24.1 Å². The molecule has 2 atom stereocenters. The van der Waals surface area contributed by atoms with E-state index in [1.54, 1.807) is 17.4 Å². The molecule has 1 N–H and O–H groups in total. The van der Waals surface area contributed by atoms with Crippen molar-refractivity contribution in [3.63, 3.8) is 0 Å². The van der Waals surface area contributed by atoms with Crippen LogP contribution in [0.2, 0.25) is 0 Å². The van der Waals surface area contributed by atoms with Crippen molar-refractivity contribution in [3.05, 3.63) is 40.3 Å². The van der Waals surface area contributed by atoms with Crippen molar-refractivity contribution in [3.8, 4) is 10.6 Å². The van der Waals surface area contributed by atoms with Gasteiger partial charge in [0, 0.05) is 6.04 Å². The van der Waals surface area contributed by atoms with Crippen LogP contribution in [0.4, 0.5) is 0 Å². The Labute approximate surface area is 154 Å². The molecule has 0 saturated heterocycles. The Morgan fingerprint density at radius 2 is 2.23 bits per heavy atom. The van der Waals surface area contributed by atoms with Gasteiger partial charge >= 0.3 is 0 Å². The quantitative estimate of drug-likeness (QED) is 0.763. The monoisotopic (exact) mass is 371 g/mol. The number of rotatable bonds is 4. The number of nitrogens with one attached hydrogen (secondary N) is 1. The first-order valence-electron chi connectivity index (χ1n) is 8.90. The topological polar surface area (TPSA) is 81.3 Å². The second kappa shape index (κ2) is 7.03. The molecule has 0 aliphatic heterocycles. The summed E-state index contributed by atoms with van der Waals surface area (Å²) in [6.07, 6.45) is 5.97. The molecule has 0 unspecified atom stereocenters. The van der Waals surface area contributed by atoms with E-state index in [2.05, 4.69) is 22.4 Å². The lowest BCUT2D eigenvalue weighted by Crippen LogP contribution is -2.44. The minimum atomic E-state index is -0.311. The van der Waals surface area contributed by atoms with E-state index in [4.69, 9.17) is 0 Å². The Morgan fingerprint density at radius 3 is 3.00 bits per heavy atom. The largest absolute Gasteiger partial charge is 0.351 e. The van der Waals surface area contributed by atoms with Crippen LogP contribution in [0, 0.1) is 5.92 Å². The molecule has 0 bridgehead atoms. The van der Waals surface area contributed by atoms with Crippen LogP contribution in [0.3, 0.4) is 0 Å². The predicted octanol–water partition coefficient (Wildman–Crippen LogP) is 2.31. The first-order valence-corrected chi connectivity index (χ1v) is 9.78. The molecular formula is C18H21N5O2S. The van der Waals surface area contributed by atoms with Crippen molar-refractivity contribution in [1.82, 2.24) is 24.7 Å². The van der Waals surface area contributed by atoms with Gasteiger partial charge in [-0.3, -0.25) is 9.59 Å². The highest BCUT2D eigenvalue weighted by Crippen LogP contribution is 2.24. The average Bonchev–Trinajstić information content (AvgIpc) is 3.29. The molecule has 1 aliphatic carbocycles. The minimum absolute atomic E-state index is 0.0714. The number of carbonyl (C=O) groups is 1. The summed E-state index contributed by atoms with van der Waals surface area (Å²) in [5.74, 6) is 0.309. The Hall–Kier alpha value is -2.48. The van der Waals surface area contributed by atoms with Crippen LogP contribution in [-0.4, -0.2) is 31.3 Å². The number of thiophene rings is 1. The fourth-order valence-electron chi connectivity index (χ4n) is 3.51. The first kappa shape index (κ1) is 17.0. The van der Waals surface area contributed by atoms with Crippen LogP contribution in [-0.2, 0) is 11.3 Å². The van der Waals surface area contributed by atoms with E-state index in [1.807, 2.05) is 17.5 Å². The summed E-state index contributed by atoms with van der Waals surface area (Å²) in [4.78, 5) is 26.0. The Balaban J connectivity index is 1.54. The fourth-order valence-corrected chi connectivity index (χ4v) is 4.20. The van der Waals surface area contributed by atoms with Gasteiger partial charge in [0.25, 0.3) is 5.56 Å². The predicted molar refractivity (Wildman–Crippen MR) is 100 cm³/mol. The van der Waals surface area contributed by atoms with Crippen LogP contribution < -0.4 is 10.9 Å². The average molecular weight is 371 g/mol. The number of fused-ring (bicyclic) bond motifs is 1. The molecule has 0 radical (unpaired) electrons. The second-order valence-corrected chi connectivity index (χ2v) is 7.81. The highest BCUT2D eigenvalue weighted by molar-refractivity contribution is 7.13. The molecule has 1 amide bonds. The standard InChI is InChI=1S/C18H21N5O2S/c1-12-5-2-3-6-13(12)20-17(24)10-22-18(25)15-9-14(16-7-4-8-26-16)21-23(15)11-19-22/h4,7-9,11-13H,2-3,5-6,10H2,1H3,(H,20,24)/t12-,13+/m0/s1. The molecule has 3 aromatic rings. The van der Waals surface area contributed by atoms with Gasteiger partial charge < -0.3 is 5.32 Å². The lowest BCUT2D eigenvalue weighted by atomic mass is 9.86. The van der Waals surface area contributed by atoms with E-state index in [-0.39, 0.29) is 24.1 Å². The SMILES string of the molecule is C[C@H]1CCCC[C@H]1NC(=O)Cn1ncn2nc(-c3cccs3)cc2c1=O. The molecule has 1 saturated carbocycles. The van der Waals surface area contributed by atoms with Gasteiger partial charge in [0.15, 0.2) is 0 Å². The zero-order valence-electron chi connectivity index (χ0n) is 14.6. The van der Waals surface area contributed by atoms with Gasteiger partial charge in [0.2, 0.25) is 5.91 Å². The van der Waals surface area contributed by atoms with Gasteiger partial charge in [-0.25, -0.2) is 9.20 Å². The van der Waals surface area contributed by atoms with E-state index < -0.39 is 0 Å². The normalized spacial score (nSPS) is 20.3. The van der Waals surface area contributed by atoms with Crippen molar-refractivity contribution in [2.24, 2.45) is 5.92 Å². The molecule has 3 aromatic heterocycles. The van der Waals surface area contributed by atoms with Gasteiger partial charge in [-0.1, -0.05) is 25.8 Å². The number of amides is 1. The number of carbonyl (C=O) groups excluding carboxylic acids is 1. The van der Waals surface area contributed by atoms with Gasteiger partial charge in [-0.05, 0) is 36.3 Å². The molecule has 4 rings (SSSR count). The third-order valence-electron chi connectivity index (χ3n) is 5.01. The summed E-state index contributed by atoms with van der Waals surface area (Å²) in [5, 5.41) is 13.5. The van der Waals surface area contributed by atoms with Crippen LogP contribution >= 0.6 is 11.3 Å². The van der Waals surface area contributed by atoms with E-state index in [9.17, 15) is 9.59 Å². The molecule has 26 heavy (non-hydrogen) atoms. The summed E-state index contributed by atoms with van der Waals surface area (Å²) in [6, 6.07) is 5.83. The molecule has 136 valence electrons. The van der Waals surface area contributed by atoms with Gasteiger partial charge in [-0.15, -0.1) is 11.3 Å². The van der Waals surface area contributed by atoms with Crippen LogP contribution in [0.25, 0.3) is 16.1 Å². The zero-order chi connectivity index (χ0) is 18.1. The van der Waals surface area contributed by atoms with E-state index >= 15 is 0 Å². The highest BCUT2D eigenvalue weighted by Gasteiger charge is 2.23. The third-order valence-corrected chi connectivity index (χ3v) is 5.91. The summed E-state index contributed by atoms with van der Waals surface area (Å²) in [6.45, 7) is 2.09. The van der Waals surface area contributed by atoms with Crippen LogP contribution in [0.15, 0.2) is 34.7 Å². The molecule has 0 aromatic carbocycles. The molecular weight excluding hydrogens is 350 g/mol. The lowest BCUT2D eigenvalue weighted by Gasteiger charge is -2.29. The summed E-state index contributed by atoms with van der Waals surface area (Å²) in [5.41, 5.74) is 0.842. The highest BCUT2D eigenvalue weighted by atomic mass is 32.1. The van der Waals surface area contributed by atoms with Crippen molar-refractivity contribution in [2.75, 3.05) is 0 Å². The fraction of sp³-hybridized carbons (Fsp3) is 0.444. The maximum Gasteiger partial charge on any atom is 0.293 e. The second-order valence-electron chi connectivity index (χ2n) is 6.87. The smallest absolute Gasteiger partial charge is 0.293 e.